The van der Waals surface area contributed by atoms with Gasteiger partial charge in [-0.2, -0.15) is 0 Å². The molecule has 4 rings (SSSR count). The molecule has 234 valence electrons. The summed E-state index contributed by atoms with van der Waals surface area (Å²) in [6.45, 7) is 1.61. The second-order valence-electron chi connectivity index (χ2n) is 10.2. The third kappa shape index (κ3) is 8.77. The number of carbonyl (C=O) groups is 2. The second kappa shape index (κ2) is 15.4. The Kier molecular flexibility index (Phi) is 11.4. The summed E-state index contributed by atoms with van der Waals surface area (Å²) in [6, 6.07) is 28.2. The number of anilines is 1. The Morgan fingerprint density at radius 2 is 1.53 bits per heavy atom. The minimum Gasteiger partial charge on any atom is -0.354 e. The van der Waals surface area contributed by atoms with Crippen LogP contribution in [-0.2, 0) is 32.6 Å². The quantitative estimate of drug-likeness (QED) is 0.133. The molecular weight excluding hydrogens is 660 g/mol. The number of amides is 2. The topological polar surface area (TPSA) is 130 Å². The normalized spacial score (nSPS) is 11.8. The van der Waals surface area contributed by atoms with Crippen molar-refractivity contribution in [1.82, 2.24) is 10.2 Å². The maximum absolute atomic E-state index is 14.4. The molecule has 0 aliphatic heterocycles. The van der Waals surface area contributed by atoms with Gasteiger partial charge in [-0.15, -0.1) is 0 Å². The van der Waals surface area contributed by atoms with Crippen LogP contribution in [-0.4, -0.2) is 49.2 Å². The maximum atomic E-state index is 14.4. The lowest BCUT2D eigenvalue weighted by atomic mass is 10.0. The van der Waals surface area contributed by atoms with Crippen molar-refractivity contribution in [3.63, 3.8) is 0 Å². The van der Waals surface area contributed by atoms with E-state index in [9.17, 15) is 28.1 Å². The molecule has 0 saturated carbocycles. The molecule has 0 spiro atoms. The number of nitro groups is 1. The molecule has 1 N–H and O–H groups in total. The van der Waals surface area contributed by atoms with Crippen LogP contribution in [0.15, 0.2) is 119 Å². The van der Waals surface area contributed by atoms with Crippen molar-refractivity contribution in [2.75, 3.05) is 17.4 Å². The first-order valence-electron chi connectivity index (χ1n) is 14.3. The van der Waals surface area contributed by atoms with E-state index in [2.05, 4.69) is 21.2 Å². The van der Waals surface area contributed by atoms with E-state index in [4.69, 9.17) is 0 Å². The summed E-state index contributed by atoms with van der Waals surface area (Å²) in [6.07, 6.45) is 0.859. The van der Waals surface area contributed by atoms with Crippen molar-refractivity contribution in [3.8, 4) is 0 Å². The van der Waals surface area contributed by atoms with Crippen LogP contribution in [0.4, 0.5) is 11.4 Å². The van der Waals surface area contributed by atoms with E-state index in [0.717, 1.165) is 20.4 Å². The summed E-state index contributed by atoms with van der Waals surface area (Å²) in [4.78, 5) is 40.3. The molecule has 0 radical (unpaired) electrons. The Morgan fingerprint density at radius 3 is 2.18 bits per heavy atom. The highest BCUT2D eigenvalue weighted by molar-refractivity contribution is 9.10. The molecule has 4 aromatic carbocycles. The van der Waals surface area contributed by atoms with Gasteiger partial charge in [0, 0.05) is 36.1 Å². The monoisotopic (exact) mass is 692 g/mol. The van der Waals surface area contributed by atoms with Crippen molar-refractivity contribution < 1.29 is 22.9 Å². The van der Waals surface area contributed by atoms with Crippen LogP contribution < -0.4 is 9.62 Å². The first kappa shape index (κ1) is 33.3. The molecule has 0 heterocycles. The van der Waals surface area contributed by atoms with Crippen molar-refractivity contribution >= 4 is 49.1 Å². The van der Waals surface area contributed by atoms with E-state index in [0.29, 0.717) is 18.5 Å². The fourth-order valence-corrected chi connectivity index (χ4v) is 6.64. The summed E-state index contributed by atoms with van der Waals surface area (Å²) in [5.74, 6) is -1.04. The summed E-state index contributed by atoms with van der Waals surface area (Å²) in [7, 11) is -4.37. The van der Waals surface area contributed by atoms with Gasteiger partial charge in [0.15, 0.2) is 0 Å². The van der Waals surface area contributed by atoms with E-state index in [1.165, 1.54) is 35.2 Å². The maximum Gasteiger partial charge on any atom is 0.271 e. The Morgan fingerprint density at radius 1 is 0.889 bits per heavy atom. The number of halogens is 1. The molecule has 2 amide bonds. The minimum absolute atomic E-state index is 0.00345. The summed E-state index contributed by atoms with van der Waals surface area (Å²) in [5.41, 5.74) is 1.14. The molecule has 45 heavy (non-hydrogen) atoms. The van der Waals surface area contributed by atoms with Gasteiger partial charge in [-0.05, 0) is 47.9 Å². The predicted molar refractivity (Wildman–Crippen MR) is 176 cm³/mol. The van der Waals surface area contributed by atoms with Crippen LogP contribution >= 0.6 is 15.9 Å². The number of non-ortho nitro benzene ring substituents is 1. The number of nitrogens with one attached hydrogen (secondary N) is 1. The Balaban J connectivity index is 1.82. The molecule has 0 saturated heterocycles. The number of rotatable bonds is 14. The van der Waals surface area contributed by atoms with Crippen molar-refractivity contribution in [3.05, 3.63) is 135 Å². The zero-order chi connectivity index (χ0) is 32.4. The van der Waals surface area contributed by atoms with Crippen LogP contribution in [0.25, 0.3) is 0 Å². The van der Waals surface area contributed by atoms with Crippen LogP contribution in [0.3, 0.4) is 0 Å². The number of hydrogen-bond donors (Lipinski definition) is 1. The average molecular weight is 694 g/mol. The summed E-state index contributed by atoms with van der Waals surface area (Å²) < 4.78 is 29.6. The number of nitro benzene ring substituents is 1. The lowest BCUT2D eigenvalue weighted by Crippen LogP contribution is -2.53. The number of carbonyl (C=O) groups excluding carboxylic acids is 2. The largest absolute Gasteiger partial charge is 0.354 e. The van der Waals surface area contributed by atoms with Gasteiger partial charge in [0.05, 0.1) is 15.5 Å². The molecule has 0 bridgehead atoms. The highest BCUT2D eigenvalue weighted by Gasteiger charge is 2.35. The van der Waals surface area contributed by atoms with E-state index in [1.54, 1.807) is 24.3 Å². The summed E-state index contributed by atoms with van der Waals surface area (Å²) >= 11 is 3.46. The minimum atomic E-state index is -4.37. The lowest BCUT2D eigenvalue weighted by molar-refractivity contribution is -0.384. The Labute approximate surface area is 271 Å². The summed E-state index contributed by atoms with van der Waals surface area (Å²) in [5, 5.41) is 14.5. The van der Waals surface area contributed by atoms with Gasteiger partial charge in [0.1, 0.15) is 12.6 Å². The third-order valence-corrected chi connectivity index (χ3v) is 9.28. The first-order valence-corrected chi connectivity index (χ1v) is 16.5. The molecule has 1 atom stereocenters. The number of sulfonamides is 1. The fraction of sp³-hybridized carbons (Fsp3) is 0.212. The molecule has 0 unspecified atom stereocenters. The van der Waals surface area contributed by atoms with E-state index >= 15 is 0 Å². The standard InChI is InChI=1S/C33H33BrN4O6S/c1-2-19-35-33(40)31(21-25-11-5-3-6-12-25)36(23-26-13-9-14-27(34)20-26)32(39)24-37(28-15-10-16-29(22-28)38(41)42)45(43,44)30-17-7-4-8-18-30/h3-18,20,22,31H,2,19,21,23-24H2,1H3,(H,35,40)/t31-/m0/s1. The number of hydrogen-bond acceptors (Lipinski definition) is 6. The zero-order valence-electron chi connectivity index (χ0n) is 24.6. The Bertz CT molecular complexity index is 1740. The lowest BCUT2D eigenvalue weighted by Gasteiger charge is -2.34. The molecule has 0 aromatic heterocycles. The number of benzene rings is 4. The molecule has 0 aliphatic rings. The smallest absolute Gasteiger partial charge is 0.271 e. The van der Waals surface area contributed by atoms with Gasteiger partial charge >= 0.3 is 0 Å². The van der Waals surface area contributed by atoms with Gasteiger partial charge in [0.2, 0.25) is 11.8 Å². The van der Waals surface area contributed by atoms with Crippen LogP contribution in [0.5, 0.6) is 0 Å². The Hall–Kier alpha value is -4.55. The molecule has 4 aromatic rings. The van der Waals surface area contributed by atoms with Gasteiger partial charge in [0.25, 0.3) is 15.7 Å². The molecule has 0 aliphatic carbocycles. The van der Waals surface area contributed by atoms with Crippen LogP contribution in [0, 0.1) is 10.1 Å². The zero-order valence-corrected chi connectivity index (χ0v) is 27.0. The van der Waals surface area contributed by atoms with E-state index in [-0.39, 0.29) is 35.1 Å². The number of nitrogens with zero attached hydrogens (tertiary/aromatic N) is 3. The van der Waals surface area contributed by atoms with E-state index < -0.39 is 33.4 Å². The second-order valence-corrected chi connectivity index (χ2v) is 13.0. The molecular formula is C33H33BrN4O6S. The highest BCUT2D eigenvalue weighted by atomic mass is 79.9. The van der Waals surface area contributed by atoms with Crippen molar-refractivity contribution in [2.45, 2.75) is 37.2 Å². The van der Waals surface area contributed by atoms with Gasteiger partial charge in [-0.25, -0.2) is 8.42 Å². The SMILES string of the molecule is CCCNC(=O)[C@H](Cc1ccccc1)N(Cc1cccc(Br)c1)C(=O)CN(c1cccc([N+](=O)[O-])c1)S(=O)(=O)c1ccccc1. The average Bonchev–Trinajstić information content (AvgIpc) is 3.04. The predicted octanol–water partition coefficient (Wildman–Crippen LogP) is 5.72. The third-order valence-electron chi connectivity index (χ3n) is 7.00. The fourth-order valence-electron chi connectivity index (χ4n) is 4.76. The molecule has 10 nitrogen and oxygen atoms in total. The first-order chi connectivity index (χ1) is 21.6. The molecule has 12 heteroatoms. The van der Waals surface area contributed by atoms with Crippen molar-refractivity contribution in [2.24, 2.45) is 0 Å². The van der Waals surface area contributed by atoms with E-state index in [1.807, 2.05) is 55.5 Å². The van der Waals surface area contributed by atoms with Gasteiger partial charge < -0.3 is 10.2 Å². The van der Waals surface area contributed by atoms with Gasteiger partial charge in [-0.1, -0.05) is 89.6 Å². The van der Waals surface area contributed by atoms with Crippen LogP contribution in [0.1, 0.15) is 24.5 Å². The highest BCUT2D eigenvalue weighted by Crippen LogP contribution is 2.28. The van der Waals surface area contributed by atoms with Crippen LogP contribution in [0.2, 0.25) is 0 Å². The molecule has 0 fully saturated rings. The van der Waals surface area contributed by atoms with Gasteiger partial charge in [-0.3, -0.25) is 24.0 Å². The van der Waals surface area contributed by atoms with Crippen molar-refractivity contribution in [1.29, 1.82) is 0 Å².